The topological polar surface area (TPSA) is 118 Å². The Bertz CT molecular complexity index is 1400. The summed E-state index contributed by atoms with van der Waals surface area (Å²) in [4.78, 5) is 37.5. The maximum atomic E-state index is 13.7. The number of carboxylic acid groups (broad SMARTS) is 1. The van der Waals surface area contributed by atoms with Gasteiger partial charge in [-0.15, -0.1) is 11.3 Å². The Morgan fingerprint density at radius 3 is 2.61 bits per heavy atom. The van der Waals surface area contributed by atoms with Gasteiger partial charge in [0.1, 0.15) is 17.7 Å². The lowest BCUT2D eigenvalue weighted by atomic mass is 10.1. The van der Waals surface area contributed by atoms with Gasteiger partial charge in [-0.2, -0.15) is 13.2 Å². The molecule has 2 N–H and O–H groups in total. The first-order valence-electron chi connectivity index (χ1n) is 8.82. The molecule has 1 aromatic carbocycles. The SMILES string of the molecule is Cc1nc2cc(C(F)(F)F)c(C(C)Oc3ccc4nc(C(=O)O)sc4c3)nc2c(=O)[nH]1. The molecule has 0 radical (unpaired) electrons. The van der Waals surface area contributed by atoms with Gasteiger partial charge in [0.25, 0.3) is 5.56 Å². The molecule has 4 aromatic rings. The van der Waals surface area contributed by atoms with Crippen molar-refractivity contribution in [2.45, 2.75) is 26.1 Å². The van der Waals surface area contributed by atoms with Crippen LogP contribution in [-0.4, -0.2) is 31.0 Å². The van der Waals surface area contributed by atoms with Crippen LogP contribution in [0.2, 0.25) is 0 Å². The first-order valence-corrected chi connectivity index (χ1v) is 9.64. The number of halogens is 3. The van der Waals surface area contributed by atoms with Crippen LogP contribution in [-0.2, 0) is 6.18 Å². The van der Waals surface area contributed by atoms with Crippen LogP contribution in [0, 0.1) is 6.92 Å². The van der Waals surface area contributed by atoms with Crippen molar-refractivity contribution in [3.63, 3.8) is 0 Å². The van der Waals surface area contributed by atoms with Crippen molar-refractivity contribution in [1.29, 1.82) is 0 Å². The van der Waals surface area contributed by atoms with E-state index in [1.165, 1.54) is 32.0 Å². The van der Waals surface area contributed by atoms with Crippen LogP contribution in [0.3, 0.4) is 0 Å². The molecule has 31 heavy (non-hydrogen) atoms. The molecule has 1 unspecified atom stereocenters. The molecule has 4 rings (SSSR count). The smallest absolute Gasteiger partial charge is 0.418 e. The Kier molecular flexibility index (Phi) is 4.88. The first kappa shape index (κ1) is 20.7. The molecular formula is C19H13F3N4O4S. The number of benzene rings is 1. The fourth-order valence-corrected chi connectivity index (χ4v) is 3.90. The van der Waals surface area contributed by atoms with Crippen LogP contribution in [0.25, 0.3) is 21.3 Å². The van der Waals surface area contributed by atoms with Crippen LogP contribution in [0.5, 0.6) is 5.75 Å². The first-order chi connectivity index (χ1) is 14.5. The number of nitrogens with one attached hydrogen (secondary N) is 1. The highest BCUT2D eigenvalue weighted by Gasteiger charge is 2.37. The molecule has 0 spiro atoms. The highest BCUT2D eigenvalue weighted by Crippen LogP contribution is 2.37. The van der Waals surface area contributed by atoms with Crippen LogP contribution in [0.15, 0.2) is 29.1 Å². The van der Waals surface area contributed by atoms with E-state index in [4.69, 9.17) is 9.84 Å². The number of rotatable bonds is 4. The number of aromatic carboxylic acids is 1. The van der Waals surface area contributed by atoms with E-state index in [9.17, 15) is 22.8 Å². The van der Waals surface area contributed by atoms with Crippen molar-refractivity contribution in [2.75, 3.05) is 0 Å². The average Bonchev–Trinajstić information content (AvgIpc) is 3.10. The normalized spacial score (nSPS) is 12.9. The number of ether oxygens (including phenoxy) is 1. The molecule has 0 aliphatic rings. The number of aromatic nitrogens is 4. The monoisotopic (exact) mass is 450 g/mol. The van der Waals surface area contributed by atoms with E-state index in [0.717, 1.165) is 17.4 Å². The minimum Gasteiger partial charge on any atom is -0.484 e. The highest BCUT2D eigenvalue weighted by atomic mass is 32.1. The largest absolute Gasteiger partial charge is 0.484 e. The van der Waals surface area contributed by atoms with Gasteiger partial charge in [-0.3, -0.25) is 4.79 Å². The highest BCUT2D eigenvalue weighted by molar-refractivity contribution is 7.20. The van der Waals surface area contributed by atoms with E-state index >= 15 is 0 Å². The van der Waals surface area contributed by atoms with Gasteiger partial charge < -0.3 is 14.8 Å². The second kappa shape index (κ2) is 7.30. The summed E-state index contributed by atoms with van der Waals surface area (Å²) in [5.41, 5.74) is -2.15. The molecule has 8 nitrogen and oxygen atoms in total. The summed E-state index contributed by atoms with van der Waals surface area (Å²) in [6.45, 7) is 2.83. The number of alkyl halides is 3. The van der Waals surface area contributed by atoms with E-state index < -0.39 is 35.1 Å². The van der Waals surface area contributed by atoms with Gasteiger partial charge in [-0.05, 0) is 38.1 Å². The summed E-state index contributed by atoms with van der Waals surface area (Å²) in [5.74, 6) is -0.809. The van der Waals surface area contributed by atoms with Gasteiger partial charge in [0.2, 0.25) is 5.01 Å². The summed E-state index contributed by atoms with van der Waals surface area (Å²) >= 11 is 0.915. The molecule has 0 aliphatic heterocycles. The zero-order chi connectivity index (χ0) is 22.5. The number of aromatic amines is 1. The fraction of sp³-hybridized carbons (Fsp3) is 0.211. The van der Waals surface area contributed by atoms with Crippen LogP contribution < -0.4 is 10.3 Å². The lowest BCUT2D eigenvalue weighted by Crippen LogP contribution is -2.19. The zero-order valence-corrected chi connectivity index (χ0v) is 16.8. The Balaban J connectivity index is 1.77. The second-order valence-corrected chi connectivity index (χ2v) is 7.68. The maximum absolute atomic E-state index is 13.7. The standard InChI is InChI=1S/C19H13F3N4O4S/c1-7(30-9-3-4-11-13(5-9)31-17(25-11)18(28)29)14-10(19(20,21)22)6-12-15(26-14)16(27)24-8(2)23-12/h3-7H,1-2H3,(H,28,29)(H,23,24,27). The third-order valence-corrected chi connectivity index (χ3v) is 5.38. The molecule has 0 aliphatic carbocycles. The molecule has 3 aromatic heterocycles. The molecule has 0 saturated carbocycles. The number of carboxylic acids is 1. The van der Waals surface area contributed by atoms with Crippen molar-refractivity contribution in [3.8, 4) is 5.75 Å². The molecular weight excluding hydrogens is 437 g/mol. The summed E-state index contributed by atoms with van der Waals surface area (Å²) in [6, 6.07) is 5.25. The predicted octanol–water partition coefficient (Wildman–Crippen LogP) is 4.09. The molecule has 0 saturated heterocycles. The van der Waals surface area contributed by atoms with Gasteiger partial charge in [0, 0.05) is 0 Å². The van der Waals surface area contributed by atoms with Crippen molar-refractivity contribution >= 4 is 38.6 Å². The molecule has 0 bridgehead atoms. The predicted molar refractivity (Wildman–Crippen MR) is 106 cm³/mol. The number of H-pyrrole nitrogens is 1. The van der Waals surface area contributed by atoms with Crippen LogP contribution in [0.4, 0.5) is 13.2 Å². The quantitative estimate of drug-likeness (QED) is 0.481. The van der Waals surface area contributed by atoms with Gasteiger partial charge in [0.15, 0.2) is 5.52 Å². The summed E-state index contributed by atoms with van der Waals surface area (Å²) in [5, 5.41) is 8.94. The minimum absolute atomic E-state index is 0.113. The third kappa shape index (κ3) is 3.93. The van der Waals surface area contributed by atoms with Crippen molar-refractivity contribution < 1.29 is 27.8 Å². The molecule has 12 heteroatoms. The van der Waals surface area contributed by atoms with Crippen molar-refractivity contribution in [3.05, 3.63) is 56.7 Å². The lowest BCUT2D eigenvalue weighted by Gasteiger charge is -2.19. The van der Waals surface area contributed by atoms with Gasteiger partial charge in [0.05, 0.1) is 27.0 Å². The van der Waals surface area contributed by atoms with Gasteiger partial charge >= 0.3 is 12.1 Å². The Labute approximate surface area is 175 Å². The fourth-order valence-electron chi connectivity index (χ4n) is 3.07. The third-order valence-electron chi connectivity index (χ3n) is 4.38. The van der Waals surface area contributed by atoms with Crippen molar-refractivity contribution in [1.82, 2.24) is 19.9 Å². The Morgan fingerprint density at radius 2 is 1.94 bits per heavy atom. The number of aryl methyl sites for hydroxylation is 1. The minimum atomic E-state index is -4.75. The molecule has 1 atom stereocenters. The summed E-state index contributed by atoms with van der Waals surface area (Å²) in [7, 11) is 0. The number of hydrogen-bond donors (Lipinski definition) is 2. The number of hydrogen-bond acceptors (Lipinski definition) is 7. The van der Waals surface area contributed by atoms with Crippen LogP contribution >= 0.6 is 11.3 Å². The maximum Gasteiger partial charge on any atom is 0.418 e. The molecule has 3 heterocycles. The van der Waals surface area contributed by atoms with Crippen molar-refractivity contribution in [2.24, 2.45) is 0 Å². The van der Waals surface area contributed by atoms with E-state index in [-0.39, 0.29) is 27.6 Å². The van der Waals surface area contributed by atoms with Gasteiger partial charge in [-0.25, -0.2) is 19.7 Å². The summed E-state index contributed by atoms with van der Waals surface area (Å²) in [6.07, 6.45) is -5.92. The second-order valence-electron chi connectivity index (χ2n) is 6.65. The number of carbonyl (C=O) groups is 1. The lowest BCUT2D eigenvalue weighted by molar-refractivity contribution is -0.139. The zero-order valence-electron chi connectivity index (χ0n) is 15.9. The average molecular weight is 450 g/mol. The summed E-state index contributed by atoms with van der Waals surface area (Å²) < 4.78 is 47.2. The van der Waals surface area contributed by atoms with E-state index in [2.05, 4.69) is 19.9 Å². The number of thiazole rings is 1. The van der Waals surface area contributed by atoms with E-state index in [1.807, 2.05) is 0 Å². The van der Waals surface area contributed by atoms with Gasteiger partial charge in [-0.1, -0.05) is 0 Å². The number of fused-ring (bicyclic) bond motifs is 2. The number of pyridine rings is 1. The molecule has 160 valence electrons. The van der Waals surface area contributed by atoms with E-state index in [1.54, 1.807) is 0 Å². The van der Waals surface area contributed by atoms with E-state index in [0.29, 0.717) is 10.2 Å². The van der Waals surface area contributed by atoms with Crippen LogP contribution in [0.1, 0.15) is 39.9 Å². The Morgan fingerprint density at radius 1 is 1.19 bits per heavy atom. The molecule has 0 fully saturated rings. The number of nitrogens with zero attached hydrogens (tertiary/aromatic N) is 3. The Hall–Kier alpha value is -3.54. The molecule has 0 amide bonds.